The predicted octanol–water partition coefficient (Wildman–Crippen LogP) is 3.36. The molecule has 3 heteroatoms. The lowest BCUT2D eigenvalue weighted by atomic mass is 9.61. The first-order chi connectivity index (χ1) is 8.35. The molecule has 0 amide bonds. The Hall–Kier alpha value is -1.14. The number of Topliss-reactive ketones (excluding diaryl/α,β-unsaturated/α-hetero) is 1. The summed E-state index contributed by atoms with van der Waals surface area (Å²) in [5, 5.41) is 0. The Morgan fingerprint density at radius 2 is 2.17 bits per heavy atom. The molecule has 2 rings (SSSR count). The van der Waals surface area contributed by atoms with Gasteiger partial charge in [-0.15, -0.1) is 0 Å². The van der Waals surface area contributed by atoms with Gasteiger partial charge in [0.15, 0.2) is 5.78 Å². The van der Waals surface area contributed by atoms with Crippen LogP contribution in [0.1, 0.15) is 47.0 Å². The van der Waals surface area contributed by atoms with Crippen molar-refractivity contribution in [2.24, 2.45) is 10.8 Å². The topological polar surface area (TPSA) is 30.7 Å². The Labute approximate surface area is 109 Å². The standard InChI is InChI=1S/C15H21NO2/c1-6-10-7-8-15(4)9-11(16-5)12(17)14(2,3)13(15)18-10/h9-10,13H,6-8H2,1-4H3/t10-,13+,15+/m1/s1. The minimum atomic E-state index is -0.600. The van der Waals surface area contributed by atoms with E-state index in [1.165, 1.54) is 0 Å². The van der Waals surface area contributed by atoms with Gasteiger partial charge in [0, 0.05) is 10.8 Å². The van der Waals surface area contributed by atoms with Crippen molar-refractivity contribution in [3.63, 3.8) is 0 Å². The molecule has 0 aromatic carbocycles. The summed E-state index contributed by atoms with van der Waals surface area (Å²) < 4.78 is 6.15. The monoisotopic (exact) mass is 247 g/mol. The fourth-order valence-corrected chi connectivity index (χ4v) is 3.37. The Bertz CT molecular complexity index is 444. The van der Waals surface area contributed by atoms with Crippen LogP contribution in [0, 0.1) is 17.4 Å². The van der Waals surface area contributed by atoms with Gasteiger partial charge in [0.05, 0.1) is 18.8 Å². The van der Waals surface area contributed by atoms with Crippen molar-refractivity contribution in [2.45, 2.75) is 59.2 Å². The van der Waals surface area contributed by atoms with E-state index < -0.39 is 5.41 Å². The van der Waals surface area contributed by atoms with E-state index in [1.807, 2.05) is 19.9 Å². The molecule has 0 bridgehead atoms. The molecule has 0 spiro atoms. The molecule has 2 aliphatic rings. The van der Waals surface area contributed by atoms with E-state index >= 15 is 0 Å². The van der Waals surface area contributed by atoms with E-state index in [-0.39, 0.29) is 29.1 Å². The zero-order valence-corrected chi connectivity index (χ0v) is 11.6. The van der Waals surface area contributed by atoms with Gasteiger partial charge in [-0.05, 0) is 19.3 Å². The molecule has 0 radical (unpaired) electrons. The molecule has 0 aromatic rings. The lowest BCUT2D eigenvalue weighted by Crippen LogP contribution is -2.55. The average Bonchev–Trinajstić information content (AvgIpc) is 2.34. The first kappa shape index (κ1) is 13.3. The minimum absolute atomic E-state index is 0.0725. The highest BCUT2D eigenvalue weighted by Gasteiger charge is 2.54. The van der Waals surface area contributed by atoms with Crippen molar-refractivity contribution in [1.82, 2.24) is 0 Å². The summed E-state index contributed by atoms with van der Waals surface area (Å²) in [7, 11) is 0. The third-order valence-corrected chi connectivity index (χ3v) is 4.45. The molecular weight excluding hydrogens is 226 g/mol. The fraction of sp³-hybridized carbons (Fsp3) is 0.733. The third-order valence-electron chi connectivity index (χ3n) is 4.45. The van der Waals surface area contributed by atoms with Crippen LogP contribution < -0.4 is 0 Å². The predicted molar refractivity (Wildman–Crippen MR) is 69.8 cm³/mol. The highest BCUT2D eigenvalue weighted by molar-refractivity contribution is 6.02. The van der Waals surface area contributed by atoms with Crippen LogP contribution in [0.15, 0.2) is 11.8 Å². The van der Waals surface area contributed by atoms with Crippen LogP contribution in [-0.4, -0.2) is 18.0 Å². The van der Waals surface area contributed by atoms with Crippen LogP contribution in [0.3, 0.4) is 0 Å². The SMILES string of the molecule is [C-]#[N+]C1=C[C@]2(C)CC[C@@H](CC)O[C@H]2C(C)(C)C1=O. The van der Waals surface area contributed by atoms with E-state index in [9.17, 15) is 4.79 Å². The lowest BCUT2D eigenvalue weighted by molar-refractivity contribution is -0.171. The number of hydrogen-bond acceptors (Lipinski definition) is 2. The number of carbonyl (C=O) groups excluding carboxylic acids is 1. The van der Waals surface area contributed by atoms with Crippen molar-refractivity contribution in [1.29, 1.82) is 0 Å². The van der Waals surface area contributed by atoms with Gasteiger partial charge < -0.3 is 9.53 Å². The Kier molecular flexibility index (Phi) is 3.11. The van der Waals surface area contributed by atoms with Crippen molar-refractivity contribution >= 4 is 5.78 Å². The molecule has 1 aliphatic heterocycles. The molecule has 18 heavy (non-hydrogen) atoms. The molecule has 1 heterocycles. The summed E-state index contributed by atoms with van der Waals surface area (Å²) >= 11 is 0. The maximum atomic E-state index is 12.3. The minimum Gasteiger partial charge on any atom is -0.373 e. The second-order valence-corrected chi connectivity index (χ2v) is 6.28. The van der Waals surface area contributed by atoms with Crippen LogP contribution in [-0.2, 0) is 9.53 Å². The average molecular weight is 247 g/mol. The van der Waals surface area contributed by atoms with Crippen LogP contribution in [0.25, 0.3) is 4.85 Å². The van der Waals surface area contributed by atoms with E-state index in [0.29, 0.717) is 0 Å². The maximum absolute atomic E-state index is 12.3. The molecule has 1 saturated heterocycles. The van der Waals surface area contributed by atoms with Crippen molar-refractivity contribution in [3.05, 3.63) is 23.2 Å². The molecule has 0 aromatic heterocycles. The quantitative estimate of drug-likeness (QED) is 0.665. The van der Waals surface area contributed by atoms with E-state index in [1.54, 1.807) is 0 Å². The molecule has 1 aliphatic carbocycles. The second kappa shape index (κ2) is 4.20. The van der Waals surface area contributed by atoms with Crippen molar-refractivity contribution in [3.8, 4) is 0 Å². The Morgan fingerprint density at radius 3 is 2.72 bits per heavy atom. The summed E-state index contributed by atoms with van der Waals surface area (Å²) in [5.74, 6) is -0.0725. The molecule has 3 atom stereocenters. The molecule has 98 valence electrons. The normalized spacial score (nSPS) is 38.6. The maximum Gasteiger partial charge on any atom is 0.226 e. The first-order valence-corrected chi connectivity index (χ1v) is 6.65. The summed E-state index contributed by atoms with van der Waals surface area (Å²) in [6, 6.07) is 0. The van der Waals surface area contributed by atoms with Crippen LogP contribution in [0.5, 0.6) is 0 Å². The number of allylic oxidation sites excluding steroid dienone is 1. The van der Waals surface area contributed by atoms with Crippen LogP contribution in [0.4, 0.5) is 0 Å². The number of ketones is 1. The van der Waals surface area contributed by atoms with Gasteiger partial charge in [0.25, 0.3) is 0 Å². The summed E-state index contributed by atoms with van der Waals surface area (Å²) in [6.07, 6.45) is 4.97. The van der Waals surface area contributed by atoms with Crippen LogP contribution in [0.2, 0.25) is 0 Å². The second-order valence-electron chi connectivity index (χ2n) is 6.28. The van der Waals surface area contributed by atoms with E-state index in [4.69, 9.17) is 11.3 Å². The third kappa shape index (κ3) is 1.80. The van der Waals surface area contributed by atoms with Gasteiger partial charge in [0.1, 0.15) is 0 Å². The van der Waals surface area contributed by atoms with Gasteiger partial charge in [-0.25, -0.2) is 4.85 Å². The fourth-order valence-electron chi connectivity index (χ4n) is 3.37. The van der Waals surface area contributed by atoms with Gasteiger partial charge in [0.2, 0.25) is 5.70 Å². The van der Waals surface area contributed by atoms with Crippen molar-refractivity contribution in [2.75, 3.05) is 0 Å². The highest BCUT2D eigenvalue weighted by Crippen LogP contribution is 2.51. The lowest BCUT2D eigenvalue weighted by Gasteiger charge is -2.51. The highest BCUT2D eigenvalue weighted by atomic mass is 16.5. The zero-order valence-electron chi connectivity index (χ0n) is 11.6. The summed E-state index contributed by atoms with van der Waals surface area (Å²) in [5.41, 5.74) is -0.488. The number of carbonyl (C=O) groups is 1. The smallest absolute Gasteiger partial charge is 0.226 e. The molecule has 0 N–H and O–H groups in total. The summed E-state index contributed by atoms with van der Waals surface area (Å²) in [6.45, 7) is 15.2. The first-order valence-electron chi connectivity index (χ1n) is 6.65. The Balaban J connectivity index is 2.45. The van der Waals surface area contributed by atoms with Gasteiger partial charge in [-0.1, -0.05) is 33.8 Å². The summed E-state index contributed by atoms with van der Waals surface area (Å²) in [4.78, 5) is 15.7. The van der Waals surface area contributed by atoms with E-state index in [0.717, 1.165) is 19.3 Å². The number of rotatable bonds is 1. The van der Waals surface area contributed by atoms with E-state index in [2.05, 4.69) is 18.7 Å². The molecular formula is C15H21NO2. The number of fused-ring (bicyclic) bond motifs is 1. The number of hydrogen-bond donors (Lipinski definition) is 0. The largest absolute Gasteiger partial charge is 0.373 e. The number of nitrogens with zero attached hydrogens (tertiary/aromatic N) is 1. The van der Waals surface area contributed by atoms with Crippen LogP contribution >= 0.6 is 0 Å². The Morgan fingerprint density at radius 1 is 1.50 bits per heavy atom. The van der Waals surface area contributed by atoms with Gasteiger partial charge in [-0.3, -0.25) is 0 Å². The van der Waals surface area contributed by atoms with Crippen molar-refractivity contribution < 1.29 is 9.53 Å². The molecule has 3 nitrogen and oxygen atoms in total. The molecule has 0 unspecified atom stereocenters. The van der Waals surface area contributed by atoms with Gasteiger partial charge >= 0.3 is 0 Å². The number of ether oxygens (including phenoxy) is 1. The molecule has 1 fully saturated rings. The zero-order chi connectivity index (χ0) is 13.6. The van der Waals surface area contributed by atoms with Gasteiger partial charge in [-0.2, -0.15) is 0 Å². The molecule has 0 saturated carbocycles.